The van der Waals surface area contributed by atoms with Crippen LogP contribution in [0, 0.1) is 0 Å². The number of halogens is 3. The van der Waals surface area contributed by atoms with E-state index < -0.39 is 0 Å². The van der Waals surface area contributed by atoms with Crippen LogP contribution in [0.3, 0.4) is 0 Å². The van der Waals surface area contributed by atoms with Gasteiger partial charge in [-0.3, -0.25) is 0 Å². The topological polar surface area (TPSA) is 0 Å². The molecule has 0 aromatic heterocycles. The maximum absolute atomic E-state index is 6.18. The molecule has 16 heavy (non-hydrogen) atoms. The lowest BCUT2D eigenvalue weighted by molar-refractivity contribution is 1.18. The van der Waals surface area contributed by atoms with E-state index in [0.717, 1.165) is 11.1 Å². The normalized spacial score (nSPS) is 12.4. The molecule has 1 atom stereocenters. The van der Waals surface area contributed by atoms with Crippen molar-refractivity contribution >= 4 is 39.1 Å². The number of benzene rings is 2. The van der Waals surface area contributed by atoms with E-state index in [9.17, 15) is 0 Å². The molecular formula is C13H9BrCl2. The molecule has 2 rings (SSSR count). The van der Waals surface area contributed by atoms with Crippen molar-refractivity contribution in [2.24, 2.45) is 0 Å². The Morgan fingerprint density at radius 1 is 0.875 bits per heavy atom. The number of alkyl halides is 1. The Balaban J connectivity index is 2.42. The summed E-state index contributed by atoms with van der Waals surface area (Å²) in [6.45, 7) is 0. The van der Waals surface area contributed by atoms with Crippen molar-refractivity contribution in [1.82, 2.24) is 0 Å². The second kappa shape index (κ2) is 5.22. The van der Waals surface area contributed by atoms with Gasteiger partial charge in [0, 0.05) is 0 Å². The monoisotopic (exact) mass is 314 g/mol. The molecule has 0 aliphatic heterocycles. The quantitative estimate of drug-likeness (QED) is 0.644. The molecule has 2 aromatic rings. The molecule has 0 saturated carbocycles. The second-order valence-electron chi connectivity index (χ2n) is 3.42. The van der Waals surface area contributed by atoms with Crippen LogP contribution in [-0.2, 0) is 0 Å². The van der Waals surface area contributed by atoms with Gasteiger partial charge in [0.05, 0.1) is 14.9 Å². The maximum Gasteiger partial charge on any atom is 0.0659 e. The van der Waals surface area contributed by atoms with Gasteiger partial charge in [-0.05, 0) is 17.2 Å². The Morgan fingerprint density at radius 2 is 1.56 bits per heavy atom. The number of hydrogen-bond acceptors (Lipinski definition) is 0. The van der Waals surface area contributed by atoms with Crippen LogP contribution < -0.4 is 0 Å². The fraction of sp³-hybridized carbons (Fsp3) is 0.0769. The summed E-state index contributed by atoms with van der Waals surface area (Å²) in [6, 6.07) is 15.8. The summed E-state index contributed by atoms with van der Waals surface area (Å²) in [5.74, 6) is 0. The molecule has 0 amide bonds. The average molecular weight is 316 g/mol. The van der Waals surface area contributed by atoms with E-state index in [2.05, 4.69) is 28.1 Å². The van der Waals surface area contributed by atoms with Crippen LogP contribution in [0.2, 0.25) is 10.0 Å². The van der Waals surface area contributed by atoms with Crippen LogP contribution in [0.25, 0.3) is 0 Å². The van der Waals surface area contributed by atoms with Gasteiger partial charge in [0.15, 0.2) is 0 Å². The minimum absolute atomic E-state index is 0.0694. The highest BCUT2D eigenvalue weighted by molar-refractivity contribution is 9.09. The van der Waals surface area contributed by atoms with Crippen molar-refractivity contribution in [1.29, 1.82) is 0 Å². The molecule has 0 spiro atoms. The maximum atomic E-state index is 6.18. The third-order valence-corrected chi connectivity index (χ3v) is 4.20. The lowest BCUT2D eigenvalue weighted by Crippen LogP contribution is -1.93. The van der Waals surface area contributed by atoms with Crippen LogP contribution in [-0.4, -0.2) is 0 Å². The van der Waals surface area contributed by atoms with Crippen LogP contribution in [0.15, 0.2) is 48.5 Å². The molecule has 3 heteroatoms. The predicted molar refractivity (Wildman–Crippen MR) is 73.7 cm³/mol. The molecule has 0 fully saturated rings. The summed E-state index contributed by atoms with van der Waals surface area (Å²) in [4.78, 5) is 0.0694. The Bertz CT molecular complexity index is 483. The number of hydrogen-bond donors (Lipinski definition) is 0. The Hall–Kier alpha value is -0.500. The van der Waals surface area contributed by atoms with Crippen LogP contribution in [0.5, 0.6) is 0 Å². The van der Waals surface area contributed by atoms with Crippen molar-refractivity contribution in [3.8, 4) is 0 Å². The van der Waals surface area contributed by atoms with E-state index in [1.807, 2.05) is 30.3 Å². The van der Waals surface area contributed by atoms with E-state index in [4.69, 9.17) is 23.2 Å². The standard InChI is InChI=1S/C13H9BrCl2/c14-12(9-5-2-1-3-6-9)10-7-4-8-11(15)13(10)16/h1-8,12H. The van der Waals surface area contributed by atoms with Crippen LogP contribution in [0.4, 0.5) is 0 Å². The van der Waals surface area contributed by atoms with Crippen LogP contribution >= 0.6 is 39.1 Å². The zero-order chi connectivity index (χ0) is 11.5. The molecule has 1 unspecified atom stereocenters. The Labute approximate surface area is 113 Å². The highest BCUT2D eigenvalue weighted by Crippen LogP contribution is 2.37. The fourth-order valence-corrected chi connectivity index (χ4v) is 2.75. The van der Waals surface area contributed by atoms with Gasteiger partial charge in [0.1, 0.15) is 0 Å². The molecular weight excluding hydrogens is 307 g/mol. The molecule has 0 aliphatic rings. The highest BCUT2D eigenvalue weighted by atomic mass is 79.9. The third-order valence-electron chi connectivity index (χ3n) is 2.35. The molecule has 82 valence electrons. The first-order valence-corrected chi connectivity index (χ1v) is 6.50. The zero-order valence-electron chi connectivity index (χ0n) is 8.33. The van der Waals surface area contributed by atoms with E-state index in [0.29, 0.717) is 10.0 Å². The van der Waals surface area contributed by atoms with E-state index in [1.165, 1.54) is 0 Å². The smallest absolute Gasteiger partial charge is 0.0659 e. The summed E-state index contributed by atoms with van der Waals surface area (Å²) in [5, 5.41) is 1.19. The predicted octanol–water partition coefficient (Wildman–Crippen LogP) is 5.48. The lowest BCUT2D eigenvalue weighted by Gasteiger charge is -2.13. The van der Waals surface area contributed by atoms with Gasteiger partial charge >= 0.3 is 0 Å². The largest absolute Gasteiger partial charge is 0.0827 e. The van der Waals surface area contributed by atoms with Crippen molar-refractivity contribution < 1.29 is 0 Å². The van der Waals surface area contributed by atoms with Crippen molar-refractivity contribution in [3.63, 3.8) is 0 Å². The zero-order valence-corrected chi connectivity index (χ0v) is 11.4. The van der Waals surface area contributed by atoms with E-state index in [1.54, 1.807) is 6.07 Å². The molecule has 2 aromatic carbocycles. The van der Waals surface area contributed by atoms with Gasteiger partial charge in [-0.1, -0.05) is 81.6 Å². The molecule has 0 radical (unpaired) electrons. The average Bonchev–Trinajstić information content (AvgIpc) is 2.33. The van der Waals surface area contributed by atoms with Gasteiger partial charge in [-0.25, -0.2) is 0 Å². The molecule has 0 N–H and O–H groups in total. The van der Waals surface area contributed by atoms with E-state index in [-0.39, 0.29) is 4.83 Å². The summed E-state index contributed by atoms with van der Waals surface area (Å²) in [6.07, 6.45) is 0. The van der Waals surface area contributed by atoms with Crippen LogP contribution in [0.1, 0.15) is 16.0 Å². The first-order valence-electron chi connectivity index (χ1n) is 4.83. The third kappa shape index (κ3) is 2.42. The minimum atomic E-state index is 0.0694. The molecule has 0 saturated heterocycles. The molecule has 0 heterocycles. The fourth-order valence-electron chi connectivity index (χ4n) is 1.52. The van der Waals surface area contributed by atoms with Crippen molar-refractivity contribution in [2.45, 2.75) is 4.83 Å². The summed E-state index contributed by atoms with van der Waals surface area (Å²) in [7, 11) is 0. The van der Waals surface area contributed by atoms with Gasteiger partial charge in [0.2, 0.25) is 0 Å². The SMILES string of the molecule is Clc1cccc(C(Br)c2ccccc2)c1Cl. The Morgan fingerprint density at radius 3 is 2.25 bits per heavy atom. The first kappa shape index (κ1) is 12.0. The van der Waals surface area contributed by atoms with E-state index >= 15 is 0 Å². The summed E-state index contributed by atoms with van der Waals surface area (Å²) < 4.78 is 0. The Kier molecular flexibility index (Phi) is 3.91. The molecule has 0 aliphatic carbocycles. The van der Waals surface area contributed by atoms with Crippen molar-refractivity contribution in [3.05, 3.63) is 69.7 Å². The summed E-state index contributed by atoms with van der Waals surface area (Å²) in [5.41, 5.74) is 2.15. The second-order valence-corrected chi connectivity index (χ2v) is 5.12. The van der Waals surface area contributed by atoms with Gasteiger partial charge in [-0.15, -0.1) is 0 Å². The lowest BCUT2D eigenvalue weighted by atomic mass is 10.1. The number of rotatable bonds is 2. The summed E-state index contributed by atoms with van der Waals surface area (Å²) >= 11 is 15.8. The minimum Gasteiger partial charge on any atom is -0.0827 e. The van der Waals surface area contributed by atoms with Crippen molar-refractivity contribution in [2.75, 3.05) is 0 Å². The first-order chi connectivity index (χ1) is 7.70. The van der Waals surface area contributed by atoms with Gasteiger partial charge < -0.3 is 0 Å². The molecule has 0 bridgehead atoms. The molecule has 0 nitrogen and oxygen atoms in total. The highest BCUT2D eigenvalue weighted by Gasteiger charge is 2.14. The van der Waals surface area contributed by atoms with Gasteiger partial charge in [0.25, 0.3) is 0 Å². The van der Waals surface area contributed by atoms with Gasteiger partial charge in [-0.2, -0.15) is 0 Å².